The molecule has 0 fully saturated rings. The molecular weight excluding hydrogens is 214 g/mol. The van der Waals surface area contributed by atoms with Crippen LogP contribution in [0, 0.1) is 6.92 Å². The predicted octanol–water partition coefficient (Wildman–Crippen LogP) is 2.65. The van der Waals surface area contributed by atoms with E-state index in [1.54, 1.807) is 14.2 Å². The molecule has 0 saturated carbocycles. The number of ether oxygens (including phenoxy) is 2. The van der Waals surface area contributed by atoms with Crippen molar-refractivity contribution in [2.75, 3.05) is 14.2 Å². The number of hydrogen-bond donors (Lipinski definition) is 1. The second-order valence-corrected chi connectivity index (χ2v) is 4.43. The summed E-state index contributed by atoms with van der Waals surface area (Å²) in [4.78, 5) is 0. The molecule has 1 N–H and O–H groups in total. The van der Waals surface area contributed by atoms with Crippen molar-refractivity contribution in [2.24, 2.45) is 0 Å². The van der Waals surface area contributed by atoms with Crippen molar-refractivity contribution in [3.8, 4) is 0 Å². The van der Waals surface area contributed by atoms with Crippen LogP contribution in [0.25, 0.3) is 0 Å². The first-order chi connectivity index (χ1) is 8.08. The van der Waals surface area contributed by atoms with Crippen molar-refractivity contribution in [2.45, 2.75) is 39.1 Å². The lowest BCUT2D eigenvalue weighted by Gasteiger charge is -2.26. The van der Waals surface area contributed by atoms with Gasteiger partial charge in [-0.25, -0.2) is 0 Å². The molecule has 0 radical (unpaired) electrons. The third kappa shape index (κ3) is 4.11. The molecule has 2 atom stereocenters. The highest BCUT2D eigenvalue weighted by atomic mass is 16.7. The average molecular weight is 237 g/mol. The van der Waals surface area contributed by atoms with Gasteiger partial charge in [0.1, 0.15) is 0 Å². The summed E-state index contributed by atoms with van der Waals surface area (Å²) < 4.78 is 10.5. The van der Waals surface area contributed by atoms with E-state index < -0.39 is 0 Å². The molecule has 0 aliphatic heterocycles. The van der Waals surface area contributed by atoms with Crippen LogP contribution in [0.4, 0.5) is 0 Å². The van der Waals surface area contributed by atoms with Crippen molar-refractivity contribution in [1.29, 1.82) is 0 Å². The Balaban J connectivity index is 2.59. The minimum Gasteiger partial charge on any atom is -0.354 e. The Hall–Kier alpha value is -0.900. The van der Waals surface area contributed by atoms with Gasteiger partial charge in [0.05, 0.1) is 6.04 Å². The fourth-order valence-electron chi connectivity index (χ4n) is 1.93. The van der Waals surface area contributed by atoms with Crippen LogP contribution in [-0.2, 0) is 9.47 Å². The summed E-state index contributed by atoms with van der Waals surface area (Å²) in [7, 11) is 3.31. The van der Waals surface area contributed by atoms with Gasteiger partial charge in [-0.05, 0) is 26.3 Å². The van der Waals surface area contributed by atoms with Gasteiger partial charge in [0, 0.05) is 20.3 Å². The highest BCUT2D eigenvalue weighted by molar-refractivity contribution is 5.23. The summed E-state index contributed by atoms with van der Waals surface area (Å²) >= 11 is 0. The Kier molecular flexibility index (Phi) is 5.62. The normalized spacial score (nSPS) is 14.9. The molecule has 0 amide bonds. The highest BCUT2D eigenvalue weighted by Gasteiger charge is 2.18. The smallest absolute Gasteiger partial charge is 0.171 e. The highest BCUT2D eigenvalue weighted by Crippen LogP contribution is 2.15. The molecular formula is C14H23NO2. The van der Waals surface area contributed by atoms with E-state index in [0.717, 1.165) is 0 Å². The van der Waals surface area contributed by atoms with Crippen molar-refractivity contribution < 1.29 is 9.47 Å². The zero-order chi connectivity index (χ0) is 12.8. The van der Waals surface area contributed by atoms with Crippen LogP contribution in [0.2, 0.25) is 0 Å². The lowest BCUT2D eigenvalue weighted by atomic mass is 10.1. The Bertz CT molecular complexity index is 319. The molecule has 17 heavy (non-hydrogen) atoms. The number of hydrogen-bond acceptors (Lipinski definition) is 3. The first-order valence-electron chi connectivity index (χ1n) is 5.96. The maximum atomic E-state index is 5.23. The van der Waals surface area contributed by atoms with E-state index in [4.69, 9.17) is 9.47 Å². The number of rotatable bonds is 6. The SMILES string of the molecule is COC(OC)C(C)N[C@H](C)c1ccc(C)cc1. The van der Waals surface area contributed by atoms with Gasteiger partial charge >= 0.3 is 0 Å². The van der Waals surface area contributed by atoms with E-state index in [9.17, 15) is 0 Å². The van der Waals surface area contributed by atoms with Crippen LogP contribution < -0.4 is 5.32 Å². The standard InChI is InChI=1S/C14H23NO2/c1-10-6-8-13(9-7-10)11(2)15-12(3)14(16-4)17-5/h6-9,11-12,14-15H,1-5H3/t11-,12?/m1/s1. The second-order valence-electron chi connectivity index (χ2n) is 4.43. The zero-order valence-corrected chi connectivity index (χ0v) is 11.4. The lowest BCUT2D eigenvalue weighted by Crippen LogP contribution is -2.40. The van der Waals surface area contributed by atoms with Crippen molar-refractivity contribution in [1.82, 2.24) is 5.32 Å². The van der Waals surface area contributed by atoms with Gasteiger partial charge in [-0.1, -0.05) is 29.8 Å². The molecule has 0 aliphatic rings. The van der Waals surface area contributed by atoms with E-state index in [1.807, 2.05) is 0 Å². The summed E-state index contributed by atoms with van der Waals surface area (Å²) in [5, 5.41) is 3.47. The molecule has 0 heterocycles. The number of methoxy groups -OCH3 is 2. The second kappa shape index (κ2) is 6.74. The largest absolute Gasteiger partial charge is 0.354 e. The summed E-state index contributed by atoms with van der Waals surface area (Å²) in [6, 6.07) is 8.97. The van der Waals surface area contributed by atoms with Gasteiger partial charge in [0.15, 0.2) is 6.29 Å². The molecule has 1 aromatic carbocycles. The first kappa shape index (κ1) is 14.2. The maximum absolute atomic E-state index is 5.23. The first-order valence-corrected chi connectivity index (χ1v) is 5.96. The number of nitrogens with one attached hydrogen (secondary N) is 1. The molecule has 0 aliphatic carbocycles. The molecule has 0 bridgehead atoms. The van der Waals surface area contributed by atoms with Gasteiger partial charge in [-0.2, -0.15) is 0 Å². The molecule has 1 unspecified atom stereocenters. The van der Waals surface area contributed by atoms with Crippen LogP contribution >= 0.6 is 0 Å². The summed E-state index contributed by atoms with van der Waals surface area (Å²) in [5.41, 5.74) is 2.55. The van der Waals surface area contributed by atoms with Crippen LogP contribution in [0.3, 0.4) is 0 Å². The molecule has 0 saturated heterocycles. The molecule has 0 spiro atoms. The Morgan fingerprint density at radius 3 is 2.00 bits per heavy atom. The molecule has 1 rings (SSSR count). The topological polar surface area (TPSA) is 30.5 Å². The van der Waals surface area contributed by atoms with Crippen LogP contribution in [0.1, 0.15) is 31.0 Å². The van der Waals surface area contributed by atoms with Crippen molar-refractivity contribution in [3.63, 3.8) is 0 Å². The van der Waals surface area contributed by atoms with Crippen LogP contribution in [0.15, 0.2) is 24.3 Å². The van der Waals surface area contributed by atoms with E-state index in [1.165, 1.54) is 11.1 Å². The summed E-state index contributed by atoms with van der Waals surface area (Å²) in [6.45, 7) is 6.29. The average Bonchev–Trinajstić information content (AvgIpc) is 2.31. The number of benzene rings is 1. The van der Waals surface area contributed by atoms with E-state index in [2.05, 4.69) is 50.4 Å². The van der Waals surface area contributed by atoms with Gasteiger partial charge in [-0.3, -0.25) is 0 Å². The fourth-order valence-corrected chi connectivity index (χ4v) is 1.93. The zero-order valence-electron chi connectivity index (χ0n) is 11.4. The Morgan fingerprint density at radius 2 is 1.53 bits per heavy atom. The predicted molar refractivity (Wildman–Crippen MR) is 70.0 cm³/mol. The van der Waals surface area contributed by atoms with E-state index in [-0.39, 0.29) is 18.4 Å². The summed E-state index contributed by atoms with van der Waals surface area (Å²) in [6.07, 6.45) is -0.220. The maximum Gasteiger partial charge on any atom is 0.171 e. The van der Waals surface area contributed by atoms with Crippen molar-refractivity contribution in [3.05, 3.63) is 35.4 Å². The third-order valence-electron chi connectivity index (χ3n) is 2.96. The Morgan fingerprint density at radius 1 is 1.00 bits per heavy atom. The van der Waals surface area contributed by atoms with Crippen LogP contribution in [0.5, 0.6) is 0 Å². The van der Waals surface area contributed by atoms with Crippen molar-refractivity contribution >= 4 is 0 Å². The number of aryl methyl sites for hydroxylation is 1. The molecule has 1 aromatic rings. The lowest BCUT2D eigenvalue weighted by molar-refractivity contribution is -0.120. The molecule has 96 valence electrons. The Labute approximate surface area is 104 Å². The molecule has 3 nitrogen and oxygen atoms in total. The fraction of sp³-hybridized carbons (Fsp3) is 0.571. The third-order valence-corrected chi connectivity index (χ3v) is 2.96. The summed E-state index contributed by atoms with van der Waals surface area (Å²) in [5.74, 6) is 0. The quantitative estimate of drug-likeness (QED) is 0.772. The van der Waals surface area contributed by atoms with Gasteiger partial charge in [0.25, 0.3) is 0 Å². The molecule has 0 aromatic heterocycles. The monoisotopic (exact) mass is 237 g/mol. The van der Waals surface area contributed by atoms with Gasteiger partial charge in [0.2, 0.25) is 0 Å². The van der Waals surface area contributed by atoms with E-state index in [0.29, 0.717) is 0 Å². The van der Waals surface area contributed by atoms with Gasteiger partial charge < -0.3 is 14.8 Å². The minimum absolute atomic E-state index is 0.140. The van der Waals surface area contributed by atoms with Crippen LogP contribution in [-0.4, -0.2) is 26.6 Å². The van der Waals surface area contributed by atoms with Gasteiger partial charge in [-0.15, -0.1) is 0 Å². The molecule has 3 heteroatoms. The van der Waals surface area contributed by atoms with E-state index >= 15 is 0 Å². The minimum atomic E-state index is -0.220.